The average molecular weight is 326 g/mol. The predicted octanol–water partition coefficient (Wildman–Crippen LogP) is 2.77. The Morgan fingerprint density at radius 1 is 1.12 bits per heavy atom. The molecule has 0 saturated heterocycles. The highest BCUT2D eigenvalue weighted by Gasteiger charge is 2.09. The highest BCUT2D eigenvalue weighted by molar-refractivity contribution is 5.94. The van der Waals surface area contributed by atoms with Gasteiger partial charge in [-0.15, -0.1) is 0 Å². The predicted molar refractivity (Wildman–Crippen MR) is 96.9 cm³/mol. The van der Waals surface area contributed by atoms with Gasteiger partial charge >= 0.3 is 0 Å². The minimum Gasteiger partial charge on any atom is -0.392 e. The number of nitrogens with zero attached hydrogens (tertiary/aromatic N) is 1. The summed E-state index contributed by atoms with van der Waals surface area (Å²) in [7, 11) is 3.53. The molecule has 0 aliphatic heterocycles. The zero-order valence-electron chi connectivity index (χ0n) is 14.6. The van der Waals surface area contributed by atoms with Crippen LogP contribution in [0.4, 0.5) is 0 Å². The fourth-order valence-electron chi connectivity index (χ4n) is 2.63. The van der Waals surface area contributed by atoms with Gasteiger partial charge in [-0.25, -0.2) is 0 Å². The van der Waals surface area contributed by atoms with Crippen LogP contribution in [-0.2, 0) is 13.0 Å². The summed E-state index contributed by atoms with van der Waals surface area (Å²) in [6.07, 6.45) is 0.860. The molecule has 4 heteroatoms. The van der Waals surface area contributed by atoms with Gasteiger partial charge in [-0.2, -0.15) is 0 Å². The van der Waals surface area contributed by atoms with Gasteiger partial charge in [-0.05, 0) is 48.7 Å². The number of nitrogens with one attached hydrogen (secondary N) is 1. The van der Waals surface area contributed by atoms with Crippen LogP contribution in [-0.4, -0.2) is 36.6 Å². The summed E-state index contributed by atoms with van der Waals surface area (Å²) in [6.45, 7) is 3.00. The fraction of sp³-hybridized carbons (Fsp3) is 0.350. The molecule has 24 heavy (non-hydrogen) atoms. The summed E-state index contributed by atoms with van der Waals surface area (Å²) in [6, 6.07) is 16.0. The van der Waals surface area contributed by atoms with Gasteiger partial charge in [-0.3, -0.25) is 4.79 Å². The Morgan fingerprint density at radius 3 is 2.54 bits per heavy atom. The third-order valence-electron chi connectivity index (χ3n) is 4.08. The molecule has 128 valence electrons. The van der Waals surface area contributed by atoms with Gasteiger partial charge in [0.25, 0.3) is 5.91 Å². The van der Waals surface area contributed by atoms with E-state index in [-0.39, 0.29) is 18.6 Å². The van der Waals surface area contributed by atoms with Crippen LogP contribution < -0.4 is 5.32 Å². The molecular weight excluding hydrogens is 300 g/mol. The van der Waals surface area contributed by atoms with Crippen LogP contribution in [0.2, 0.25) is 0 Å². The molecule has 2 rings (SSSR count). The van der Waals surface area contributed by atoms with Gasteiger partial charge in [0.1, 0.15) is 0 Å². The van der Waals surface area contributed by atoms with E-state index in [4.69, 9.17) is 0 Å². The van der Waals surface area contributed by atoms with E-state index in [0.29, 0.717) is 0 Å². The zero-order valence-corrected chi connectivity index (χ0v) is 14.6. The second-order valence-electron chi connectivity index (χ2n) is 6.23. The van der Waals surface area contributed by atoms with Crippen molar-refractivity contribution < 1.29 is 9.90 Å². The Hall–Kier alpha value is -2.17. The number of hydrogen-bond acceptors (Lipinski definition) is 3. The Morgan fingerprint density at radius 2 is 1.83 bits per heavy atom. The summed E-state index contributed by atoms with van der Waals surface area (Å²) in [5, 5.41) is 12.7. The first kappa shape index (κ1) is 18.2. The minimum absolute atomic E-state index is 0.0268. The molecule has 0 saturated carbocycles. The van der Waals surface area contributed by atoms with E-state index >= 15 is 0 Å². The lowest BCUT2D eigenvalue weighted by molar-refractivity contribution is 0.0827. The lowest BCUT2D eigenvalue weighted by atomic mass is 10.0. The molecule has 0 heterocycles. The maximum Gasteiger partial charge on any atom is 0.253 e. The van der Waals surface area contributed by atoms with Crippen molar-refractivity contribution in [1.29, 1.82) is 0 Å². The van der Waals surface area contributed by atoms with E-state index in [1.807, 2.05) is 42.5 Å². The van der Waals surface area contributed by atoms with Crippen molar-refractivity contribution in [3.63, 3.8) is 0 Å². The van der Waals surface area contributed by atoms with Crippen LogP contribution in [0.1, 0.15) is 40.0 Å². The standard InChI is InChI=1S/C20H26N2O2/c1-15(18-8-5-7-17(13-18)14-23)21-11-10-16-6-4-9-19(12-16)20(24)22(2)3/h4-9,12-13,15,21,23H,10-11,14H2,1-3H3. The first-order chi connectivity index (χ1) is 11.5. The highest BCUT2D eigenvalue weighted by Crippen LogP contribution is 2.14. The number of carbonyl (C=O) groups is 1. The molecule has 2 aromatic rings. The number of benzene rings is 2. The van der Waals surface area contributed by atoms with E-state index < -0.39 is 0 Å². The highest BCUT2D eigenvalue weighted by atomic mass is 16.3. The summed E-state index contributed by atoms with van der Waals surface area (Å²) in [5.74, 6) is 0.0268. The van der Waals surface area contributed by atoms with Crippen LogP contribution in [0.5, 0.6) is 0 Å². The molecular formula is C20H26N2O2. The van der Waals surface area contributed by atoms with E-state index in [1.165, 1.54) is 0 Å². The summed E-state index contributed by atoms with van der Waals surface area (Å²) in [4.78, 5) is 13.6. The van der Waals surface area contributed by atoms with Crippen molar-refractivity contribution in [3.8, 4) is 0 Å². The SMILES string of the molecule is CC(NCCc1cccc(C(=O)N(C)C)c1)c1cccc(CO)c1. The molecule has 1 unspecified atom stereocenters. The Balaban J connectivity index is 1.91. The van der Waals surface area contributed by atoms with Crippen LogP contribution in [0, 0.1) is 0 Å². The normalized spacial score (nSPS) is 12.0. The lowest BCUT2D eigenvalue weighted by Crippen LogP contribution is -2.23. The fourth-order valence-corrected chi connectivity index (χ4v) is 2.63. The summed E-state index contributed by atoms with van der Waals surface area (Å²) in [5.41, 5.74) is 3.96. The second-order valence-corrected chi connectivity index (χ2v) is 6.23. The molecule has 2 N–H and O–H groups in total. The Labute approximate surface area is 144 Å². The van der Waals surface area contributed by atoms with E-state index in [2.05, 4.69) is 18.3 Å². The third-order valence-corrected chi connectivity index (χ3v) is 4.08. The molecule has 4 nitrogen and oxygen atoms in total. The number of hydrogen-bond donors (Lipinski definition) is 2. The quantitative estimate of drug-likeness (QED) is 0.822. The summed E-state index contributed by atoms with van der Waals surface area (Å²) >= 11 is 0. The number of rotatable bonds is 7. The van der Waals surface area contributed by atoms with Gasteiger partial charge in [0, 0.05) is 25.7 Å². The largest absolute Gasteiger partial charge is 0.392 e. The first-order valence-electron chi connectivity index (χ1n) is 8.25. The van der Waals surface area contributed by atoms with Crippen LogP contribution in [0.15, 0.2) is 48.5 Å². The number of amides is 1. The smallest absolute Gasteiger partial charge is 0.253 e. The number of aliphatic hydroxyl groups excluding tert-OH is 1. The van der Waals surface area contributed by atoms with Crippen molar-refractivity contribution in [1.82, 2.24) is 10.2 Å². The molecule has 0 fully saturated rings. The van der Waals surface area contributed by atoms with Crippen LogP contribution in [0.3, 0.4) is 0 Å². The molecule has 2 aromatic carbocycles. The van der Waals surface area contributed by atoms with Gasteiger partial charge in [0.05, 0.1) is 6.61 Å². The zero-order chi connectivity index (χ0) is 17.5. The van der Waals surface area contributed by atoms with Gasteiger partial charge in [0.2, 0.25) is 0 Å². The van der Waals surface area contributed by atoms with Crippen molar-refractivity contribution in [2.75, 3.05) is 20.6 Å². The molecule has 0 aliphatic rings. The van der Waals surface area contributed by atoms with Crippen LogP contribution in [0.25, 0.3) is 0 Å². The monoisotopic (exact) mass is 326 g/mol. The molecule has 0 bridgehead atoms. The van der Waals surface area contributed by atoms with Crippen LogP contribution >= 0.6 is 0 Å². The van der Waals surface area contributed by atoms with Crippen molar-refractivity contribution in [3.05, 3.63) is 70.8 Å². The second kappa shape index (κ2) is 8.62. The molecule has 1 amide bonds. The summed E-state index contributed by atoms with van der Waals surface area (Å²) < 4.78 is 0. The third kappa shape index (κ3) is 4.91. The van der Waals surface area contributed by atoms with Gasteiger partial charge < -0.3 is 15.3 Å². The molecule has 0 spiro atoms. The van der Waals surface area contributed by atoms with E-state index in [0.717, 1.165) is 35.2 Å². The van der Waals surface area contributed by atoms with E-state index in [9.17, 15) is 9.90 Å². The number of carbonyl (C=O) groups excluding carboxylic acids is 1. The van der Waals surface area contributed by atoms with Crippen molar-refractivity contribution >= 4 is 5.91 Å². The molecule has 0 radical (unpaired) electrons. The van der Waals surface area contributed by atoms with Gasteiger partial charge in [0.15, 0.2) is 0 Å². The molecule has 0 aliphatic carbocycles. The average Bonchev–Trinajstić information content (AvgIpc) is 2.61. The Bertz CT molecular complexity index is 683. The van der Waals surface area contributed by atoms with Crippen molar-refractivity contribution in [2.45, 2.75) is 26.0 Å². The minimum atomic E-state index is 0.0268. The lowest BCUT2D eigenvalue weighted by Gasteiger charge is -2.15. The Kier molecular flexibility index (Phi) is 6.53. The maximum atomic E-state index is 12.0. The topological polar surface area (TPSA) is 52.6 Å². The van der Waals surface area contributed by atoms with E-state index in [1.54, 1.807) is 19.0 Å². The van der Waals surface area contributed by atoms with Gasteiger partial charge in [-0.1, -0.05) is 36.4 Å². The number of aliphatic hydroxyl groups is 1. The maximum absolute atomic E-state index is 12.0. The molecule has 0 aromatic heterocycles. The van der Waals surface area contributed by atoms with Crippen molar-refractivity contribution in [2.24, 2.45) is 0 Å². The molecule has 1 atom stereocenters. The first-order valence-corrected chi connectivity index (χ1v) is 8.25.